The van der Waals surface area contributed by atoms with Gasteiger partial charge in [0.1, 0.15) is 12.4 Å². The van der Waals surface area contributed by atoms with E-state index in [2.05, 4.69) is 32.9 Å². The van der Waals surface area contributed by atoms with Gasteiger partial charge in [0.05, 0.1) is 0 Å². The molecule has 118 valence electrons. The summed E-state index contributed by atoms with van der Waals surface area (Å²) in [5.41, 5.74) is 3.50. The van der Waals surface area contributed by atoms with Crippen LogP contribution < -0.4 is 4.74 Å². The van der Waals surface area contributed by atoms with Gasteiger partial charge in [0, 0.05) is 6.08 Å². The number of carbonyl (C=O) groups is 1. The van der Waals surface area contributed by atoms with Gasteiger partial charge in [-0.05, 0) is 63.5 Å². The lowest BCUT2D eigenvalue weighted by atomic mass is 10.1. The quantitative estimate of drug-likeness (QED) is 0.551. The molecule has 0 fully saturated rings. The van der Waals surface area contributed by atoms with Gasteiger partial charge in [-0.25, -0.2) is 4.79 Å². The van der Waals surface area contributed by atoms with Gasteiger partial charge in [-0.1, -0.05) is 29.4 Å². The van der Waals surface area contributed by atoms with Crippen molar-refractivity contribution in [1.82, 2.24) is 0 Å². The first-order chi connectivity index (χ1) is 10.5. The maximum atomic E-state index is 10.4. The van der Waals surface area contributed by atoms with Gasteiger partial charge in [-0.3, -0.25) is 0 Å². The van der Waals surface area contributed by atoms with Gasteiger partial charge in [0.25, 0.3) is 0 Å². The van der Waals surface area contributed by atoms with Crippen molar-refractivity contribution in [1.29, 1.82) is 0 Å². The molecular weight excluding hydrogens is 276 g/mol. The van der Waals surface area contributed by atoms with Crippen molar-refractivity contribution in [2.75, 3.05) is 6.61 Å². The summed E-state index contributed by atoms with van der Waals surface area (Å²) in [6.07, 6.45) is 9.12. The summed E-state index contributed by atoms with van der Waals surface area (Å²) in [5, 5.41) is 8.57. The van der Waals surface area contributed by atoms with Crippen LogP contribution in [0.2, 0.25) is 0 Å². The van der Waals surface area contributed by atoms with E-state index in [-0.39, 0.29) is 0 Å². The van der Waals surface area contributed by atoms with Crippen molar-refractivity contribution in [2.45, 2.75) is 33.6 Å². The van der Waals surface area contributed by atoms with E-state index in [4.69, 9.17) is 9.84 Å². The van der Waals surface area contributed by atoms with Crippen LogP contribution in [-0.2, 0) is 4.79 Å². The van der Waals surface area contributed by atoms with Crippen LogP contribution in [-0.4, -0.2) is 17.7 Å². The van der Waals surface area contributed by atoms with Crippen molar-refractivity contribution in [3.63, 3.8) is 0 Å². The van der Waals surface area contributed by atoms with Crippen molar-refractivity contribution in [3.8, 4) is 5.75 Å². The molecule has 0 atom stereocenters. The van der Waals surface area contributed by atoms with Gasteiger partial charge in [0.2, 0.25) is 0 Å². The number of allylic oxidation sites excluding steroid dienone is 3. The molecule has 0 saturated carbocycles. The minimum Gasteiger partial charge on any atom is -0.490 e. The molecule has 0 unspecified atom stereocenters. The zero-order valence-corrected chi connectivity index (χ0v) is 13.5. The fourth-order valence-electron chi connectivity index (χ4n) is 1.81. The molecule has 0 saturated heterocycles. The second-order valence-electron chi connectivity index (χ2n) is 5.42. The fourth-order valence-corrected chi connectivity index (χ4v) is 1.81. The highest BCUT2D eigenvalue weighted by atomic mass is 16.5. The van der Waals surface area contributed by atoms with Crippen molar-refractivity contribution >= 4 is 12.0 Å². The van der Waals surface area contributed by atoms with Crippen LogP contribution in [0.25, 0.3) is 6.08 Å². The lowest BCUT2D eigenvalue weighted by molar-refractivity contribution is -0.131. The lowest BCUT2D eigenvalue weighted by Gasteiger charge is -2.05. The summed E-state index contributed by atoms with van der Waals surface area (Å²) in [6.45, 7) is 6.88. The van der Waals surface area contributed by atoms with Gasteiger partial charge < -0.3 is 9.84 Å². The summed E-state index contributed by atoms with van der Waals surface area (Å²) < 4.78 is 5.65. The number of hydrogen-bond donors (Lipinski definition) is 1. The summed E-state index contributed by atoms with van der Waals surface area (Å²) in [5.74, 6) is -0.171. The number of carboxylic acid groups (broad SMARTS) is 1. The van der Waals surface area contributed by atoms with Crippen molar-refractivity contribution in [3.05, 3.63) is 59.2 Å². The predicted octanol–water partition coefficient (Wildman–Crippen LogP) is 4.86. The summed E-state index contributed by atoms with van der Waals surface area (Å²) in [4.78, 5) is 10.4. The molecule has 1 aromatic rings. The molecule has 0 aliphatic carbocycles. The summed E-state index contributed by atoms with van der Waals surface area (Å²) in [6, 6.07) is 7.35. The monoisotopic (exact) mass is 300 g/mol. The van der Waals surface area contributed by atoms with E-state index in [1.165, 1.54) is 11.1 Å². The largest absolute Gasteiger partial charge is 0.490 e. The zero-order valence-electron chi connectivity index (χ0n) is 13.5. The summed E-state index contributed by atoms with van der Waals surface area (Å²) in [7, 11) is 0. The van der Waals surface area contributed by atoms with E-state index < -0.39 is 5.97 Å². The fraction of sp³-hybridized carbons (Fsp3) is 0.316. The third-order valence-electron chi connectivity index (χ3n) is 3.07. The Hall–Kier alpha value is -2.29. The highest BCUT2D eigenvalue weighted by Crippen LogP contribution is 2.14. The normalized spacial score (nSPS) is 11.5. The van der Waals surface area contributed by atoms with E-state index in [9.17, 15) is 4.79 Å². The number of hydrogen-bond acceptors (Lipinski definition) is 2. The average molecular weight is 300 g/mol. The first kappa shape index (κ1) is 17.8. The van der Waals surface area contributed by atoms with E-state index in [1.807, 2.05) is 24.3 Å². The highest BCUT2D eigenvalue weighted by molar-refractivity contribution is 5.85. The molecule has 0 spiro atoms. The predicted molar refractivity (Wildman–Crippen MR) is 91.0 cm³/mol. The van der Waals surface area contributed by atoms with Crippen LogP contribution in [0.15, 0.2) is 53.6 Å². The molecular formula is C19H24O3. The van der Waals surface area contributed by atoms with E-state index >= 15 is 0 Å². The lowest BCUT2D eigenvalue weighted by Crippen LogP contribution is -1.94. The van der Waals surface area contributed by atoms with Gasteiger partial charge in [-0.2, -0.15) is 0 Å². The first-order valence-corrected chi connectivity index (χ1v) is 7.40. The molecule has 1 N–H and O–H groups in total. The van der Waals surface area contributed by atoms with Crippen molar-refractivity contribution in [2.24, 2.45) is 0 Å². The number of rotatable bonds is 8. The first-order valence-electron chi connectivity index (χ1n) is 7.40. The molecule has 0 aliphatic heterocycles. The zero-order chi connectivity index (χ0) is 16.4. The molecule has 3 heteroatoms. The molecule has 1 aromatic carbocycles. The van der Waals surface area contributed by atoms with Crippen LogP contribution in [0.4, 0.5) is 0 Å². The van der Waals surface area contributed by atoms with Gasteiger partial charge in [-0.15, -0.1) is 0 Å². The Balaban J connectivity index is 2.41. The van der Waals surface area contributed by atoms with Crippen LogP contribution in [0.5, 0.6) is 5.75 Å². The second-order valence-corrected chi connectivity index (χ2v) is 5.42. The number of aliphatic carboxylic acids is 1. The minimum absolute atomic E-state index is 0.547. The van der Waals surface area contributed by atoms with Crippen molar-refractivity contribution < 1.29 is 14.6 Å². The molecule has 0 aliphatic rings. The Labute approximate surface area is 132 Å². The van der Waals surface area contributed by atoms with Crippen LogP contribution in [0.1, 0.15) is 39.2 Å². The van der Waals surface area contributed by atoms with Crippen LogP contribution in [0.3, 0.4) is 0 Å². The highest BCUT2D eigenvalue weighted by Gasteiger charge is 1.94. The molecule has 0 bridgehead atoms. The molecule has 0 radical (unpaired) electrons. The van der Waals surface area contributed by atoms with Gasteiger partial charge >= 0.3 is 5.97 Å². The molecule has 0 amide bonds. The standard InChI is InChI=1S/C19H24O3/c1-15(2)5-4-6-16(3)13-14-22-18-10-7-17(8-11-18)9-12-19(20)21/h5,7-13H,4,6,14H2,1-3H3,(H,20,21)/b12-9?,16-13+. The van der Waals surface area contributed by atoms with Crippen LogP contribution in [0, 0.1) is 0 Å². The van der Waals surface area contributed by atoms with Gasteiger partial charge in [0.15, 0.2) is 0 Å². The summed E-state index contributed by atoms with van der Waals surface area (Å²) >= 11 is 0. The topological polar surface area (TPSA) is 46.5 Å². The second kappa shape index (κ2) is 9.61. The van der Waals surface area contributed by atoms with Crippen LogP contribution >= 0.6 is 0 Å². The van der Waals surface area contributed by atoms with E-state index in [1.54, 1.807) is 6.08 Å². The molecule has 0 heterocycles. The third-order valence-corrected chi connectivity index (χ3v) is 3.07. The average Bonchev–Trinajstić information content (AvgIpc) is 2.46. The Morgan fingerprint density at radius 2 is 1.82 bits per heavy atom. The third kappa shape index (κ3) is 8.10. The number of benzene rings is 1. The minimum atomic E-state index is -0.950. The molecule has 0 aromatic heterocycles. The Morgan fingerprint density at radius 1 is 1.14 bits per heavy atom. The van der Waals surface area contributed by atoms with E-state index in [0.29, 0.717) is 6.61 Å². The smallest absolute Gasteiger partial charge is 0.328 e. The number of carboxylic acids is 1. The maximum absolute atomic E-state index is 10.4. The maximum Gasteiger partial charge on any atom is 0.328 e. The Morgan fingerprint density at radius 3 is 2.41 bits per heavy atom. The Kier molecular flexibility index (Phi) is 7.76. The van der Waals surface area contributed by atoms with E-state index in [0.717, 1.165) is 30.2 Å². The molecule has 22 heavy (non-hydrogen) atoms. The SMILES string of the molecule is CC(C)=CCC/C(C)=C/COc1ccc(C=CC(=O)O)cc1. The number of ether oxygens (including phenoxy) is 1. The molecule has 3 nitrogen and oxygen atoms in total. The molecule has 1 rings (SSSR count). The Bertz CT molecular complexity index is 559.